The summed E-state index contributed by atoms with van der Waals surface area (Å²) in [6.07, 6.45) is 4.63. The van der Waals surface area contributed by atoms with Crippen LogP contribution in [0, 0.1) is 5.92 Å². The lowest BCUT2D eigenvalue weighted by Crippen LogP contribution is -2.37. The number of amides is 1. The van der Waals surface area contributed by atoms with Gasteiger partial charge < -0.3 is 20.3 Å². The largest absolute Gasteiger partial charge is 0.380 e. The summed E-state index contributed by atoms with van der Waals surface area (Å²) in [6, 6.07) is 18.0. The first kappa shape index (κ1) is 25.2. The molecule has 0 spiro atoms. The quantitative estimate of drug-likeness (QED) is 0.329. The Morgan fingerprint density at radius 3 is 2.85 bits per heavy atom. The molecule has 204 valence electrons. The van der Waals surface area contributed by atoms with E-state index in [-0.39, 0.29) is 17.4 Å². The molecule has 1 unspecified atom stereocenters. The van der Waals surface area contributed by atoms with E-state index in [2.05, 4.69) is 45.9 Å². The van der Waals surface area contributed by atoms with Crippen molar-refractivity contribution in [3.63, 3.8) is 0 Å². The van der Waals surface area contributed by atoms with Gasteiger partial charge in [0.2, 0.25) is 5.91 Å². The molecule has 2 N–H and O–H groups in total. The first-order chi connectivity index (χ1) is 19.7. The van der Waals surface area contributed by atoms with Gasteiger partial charge in [-0.1, -0.05) is 18.2 Å². The van der Waals surface area contributed by atoms with Crippen LogP contribution < -0.4 is 21.1 Å². The predicted molar refractivity (Wildman–Crippen MR) is 162 cm³/mol. The topological polar surface area (TPSA) is 88.0 Å². The highest BCUT2D eigenvalue weighted by molar-refractivity contribution is 7.26. The number of aromatic nitrogens is 2. The maximum atomic E-state index is 13.2. The van der Waals surface area contributed by atoms with Crippen LogP contribution in [0.15, 0.2) is 65.6 Å². The van der Waals surface area contributed by atoms with Crippen LogP contribution in [0.5, 0.6) is 0 Å². The summed E-state index contributed by atoms with van der Waals surface area (Å²) >= 11 is 1.72. The summed E-state index contributed by atoms with van der Waals surface area (Å²) in [4.78, 5) is 33.2. The second-order valence-electron chi connectivity index (χ2n) is 10.5. The fourth-order valence-electron chi connectivity index (χ4n) is 5.87. The van der Waals surface area contributed by atoms with Crippen molar-refractivity contribution in [1.82, 2.24) is 14.7 Å². The van der Waals surface area contributed by atoms with Gasteiger partial charge in [-0.15, -0.1) is 11.3 Å². The molecular weight excluding hydrogens is 522 g/mol. The van der Waals surface area contributed by atoms with Crippen LogP contribution in [0.3, 0.4) is 0 Å². The zero-order valence-corrected chi connectivity index (χ0v) is 23.0. The number of nitrogens with zero attached hydrogens (tertiary/aromatic N) is 3. The molecule has 0 saturated carbocycles. The van der Waals surface area contributed by atoms with Gasteiger partial charge in [-0.25, -0.2) is 4.98 Å². The Labute approximate surface area is 235 Å². The molecular formula is C31H31N5O3S. The number of benzene rings is 2. The average Bonchev–Trinajstić information content (AvgIpc) is 3.14. The number of carbonyl (C=O) groups is 1. The highest BCUT2D eigenvalue weighted by atomic mass is 32.1. The number of piperidine rings is 1. The summed E-state index contributed by atoms with van der Waals surface area (Å²) in [6.45, 7) is 4.59. The van der Waals surface area contributed by atoms with Crippen molar-refractivity contribution in [2.45, 2.75) is 19.3 Å². The minimum Gasteiger partial charge on any atom is -0.380 e. The Morgan fingerprint density at radius 1 is 1.02 bits per heavy atom. The first-order valence-corrected chi connectivity index (χ1v) is 14.8. The summed E-state index contributed by atoms with van der Waals surface area (Å²) in [5.41, 5.74) is 3.33. The van der Waals surface area contributed by atoms with Gasteiger partial charge in [0.25, 0.3) is 5.56 Å². The molecule has 5 heterocycles. The molecule has 2 aromatic carbocycles. The third kappa shape index (κ3) is 4.64. The molecule has 5 aromatic rings. The third-order valence-electron chi connectivity index (χ3n) is 7.95. The molecule has 0 bridgehead atoms. The van der Waals surface area contributed by atoms with Crippen LogP contribution in [-0.2, 0) is 9.53 Å². The number of nitrogens with one attached hydrogen (secondary N) is 2. The fourth-order valence-corrected chi connectivity index (χ4v) is 7.08. The molecule has 2 aliphatic heterocycles. The summed E-state index contributed by atoms with van der Waals surface area (Å²) < 4.78 is 9.53. The normalized spacial score (nSPS) is 18.3. The van der Waals surface area contributed by atoms with Crippen LogP contribution in [0.25, 0.3) is 36.9 Å². The van der Waals surface area contributed by atoms with Crippen LogP contribution in [0.1, 0.15) is 19.3 Å². The summed E-state index contributed by atoms with van der Waals surface area (Å²) in [7, 11) is 0. The molecule has 0 radical (unpaired) electrons. The standard InChI is InChI=1S/C31H31N5O3S/c37-28-18-27(35-12-4-15-39-16-14-35)34-30-24(8-3-13-36(28)30)22-6-1-7-23-25-17-21(9-10-26(25)40-29(22)23)33-31(38)20-5-2-11-32-19-20/h1,3,6-10,13,17-18,20,32H,2,4-5,11-12,14-16,19H2,(H,33,38). The summed E-state index contributed by atoms with van der Waals surface area (Å²) in [5.74, 6) is 0.773. The van der Waals surface area contributed by atoms with Crippen molar-refractivity contribution in [3.05, 3.63) is 71.1 Å². The minimum absolute atomic E-state index is 0.00395. The number of ether oxygens (including phenoxy) is 1. The lowest BCUT2D eigenvalue weighted by Gasteiger charge is -2.21. The van der Waals surface area contributed by atoms with Crippen molar-refractivity contribution in [3.8, 4) is 11.1 Å². The van der Waals surface area contributed by atoms with E-state index in [4.69, 9.17) is 9.72 Å². The molecule has 7 rings (SSSR count). The van der Waals surface area contributed by atoms with E-state index in [1.54, 1.807) is 28.0 Å². The average molecular weight is 554 g/mol. The van der Waals surface area contributed by atoms with E-state index in [1.807, 2.05) is 18.2 Å². The smallest absolute Gasteiger partial charge is 0.259 e. The first-order valence-electron chi connectivity index (χ1n) is 14.0. The van der Waals surface area contributed by atoms with E-state index in [1.165, 1.54) is 0 Å². The highest BCUT2D eigenvalue weighted by Crippen LogP contribution is 2.41. The Hall–Kier alpha value is -3.79. The monoisotopic (exact) mass is 553 g/mol. The number of thiophene rings is 1. The van der Waals surface area contributed by atoms with Gasteiger partial charge in [-0.3, -0.25) is 14.0 Å². The van der Waals surface area contributed by atoms with Gasteiger partial charge in [-0.05, 0) is 56.1 Å². The molecule has 3 aromatic heterocycles. The Bertz CT molecular complexity index is 1780. The number of rotatable bonds is 4. The molecule has 2 aliphatic rings. The van der Waals surface area contributed by atoms with Crippen molar-refractivity contribution in [1.29, 1.82) is 0 Å². The van der Waals surface area contributed by atoms with Crippen LogP contribution >= 0.6 is 11.3 Å². The van der Waals surface area contributed by atoms with Crippen LogP contribution in [0.4, 0.5) is 11.5 Å². The van der Waals surface area contributed by atoms with Gasteiger partial charge in [0.15, 0.2) is 0 Å². The van der Waals surface area contributed by atoms with Crippen LogP contribution in [0.2, 0.25) is 0 Å². The van der Waals surface area contributed by atoms with E-state index in [9.17, 15) is 9.59 Å². The maximum absolute atomic E-state index is 13.2. The van der Waals surface area contributed by atoms with Gasteiger partial charge in [0, 0.05) is 75.5 Å². The number of carbonyl (C=O) groups excluding carboxylic acids is 1. The zero-order valence-electron chi connectivity index (χ0n) is 22.2. The van der Waals surface area contributed by atoms with Gasteiger partial charge >= 0.3 is 0 Å². The molecule has 9 heteroatoms. The van der Waals surface area contributed by atoms with Crippen molar-refractivity contribution >= 4 is 54.6 Å². The molecule has 8 nitrogen and oxygen atoms in total. The Balaban J connectivity index is 1.31. The lowest BCUT2D eigenvalue weighted by molar-refractivity contribution is -0.120. The Morgan fingerprint density at radius 2 is 1.95 bits per heavy atom. The van der Waals surface area contributed by atoms with E-state index in [0.717, 1.165) is 82.5 Å². The number of fused-ring (bicyclic) bond motifs is 4. The van der Waals surface area contributed by atoms with E-state index in [0.29, 0.717) is 24.6 Å². The molecule has 1 atom stereocenters. The lowest BCUT2D eigenvalue weighted by atomic mass is 9.98. The molecule has 2 fully saturated rings. The van der Waals surface area contributed by atoms with Crippen LogP contribution in [-0.4, -0.2) is 54.7 Å². The van der Waals surface area contributed by atoms with Gasteiger partial charge in [0.05, 0.1) is 12.5 Å². The molecule has 2 saturated heterocycles. The van der Waals surface area contributed by atoms with Gasteiger partial charge in [0.1, 0.15) is 11.5 Å². The second kappa shape index (κ2) is 10.6. The second-order valence-corrected chi connectivity index (χ2v) is 11.6. The zero-order chi connectivity index (χ0) is 27.1. The van der Waals surface area contributed by atoms with Crippen molar-refractivity contribution < 1.29 is 9.53 Å². The van der Waals surface area contributed by atoms with E-state index >= 15 is 0 Å². The molecule has 1 amide bonds. The fraction of sp³-hybridized carbons (Fsp3) is 0.323. The molecule has 0 aliphatic carbocycles. The number of anilines is 2. The predicted octanol–water partition coefficient (Wildman–Crippen LogP) is 4.89. The van der Waals surface area contributed by atoms with Gasteiger partial charge in [-0.2, -0.15) is 0 Å². The Kier molecular flexibility index (Phi) is 6.71. The van der Waals surface area contributed by atoms with Crippen molar-refractivity contribution in [2.24, 2.45) is 5.92 Å². The maximum Gasteiger partial charge on any atom is 0.259 e. The summed E-state index contributed by atoms with van der Waals surface area (Å²) in [5, 5.41) is 8.69. The highest BCUT2D eigenvalue weighted by Gasteiger charge is 2.22. The van der Waals surface area contributed by atoms with Crippen molar-refractivity contribution in [2.75, 3.05) is 49.6 Å². The minimum atomic E-state index is -0.0934. The number of hydrogen-bond acceptors (Lipinski definition) is 7. The molecule has 40 heavy (non-hydrogen) atoms. The number of pyridine rings is 1. The SMILES string of the molecule is O=C(Nc1ccc2sc3c(-c4cccn5c(=O)cc(N6CCCOCC6)nc45)cccc3c2c1)C1CCCNC1. The number of hydrogen-bond donors (Lipinski definition) is 2. The third-order valence-corrected chi connectivity index (χ3v) is 9.17. The van der Waals surface area contributed by atoms with E-state index < -0.39 is 0 Å².